The maximum atomic E-state index is 12.6. The molecular weight excluding hydrogens is 426 g/mol. The van der Waals surface area contributed by atoms with Gasteiger partial charge in [-0.15, -0.1) is 0 Å². The summed E-state index contributed by atoms with van der Waals surface area (Å²) in [4.78, 5) is 17.2. The third-order valence-electron chi connectivity index (χ3n) is 4.43. The number of halogens is 1. The molecule has 1 aromatic carbocycles. The third-order valence-corrected chi connectivity index (χ3v) is 6.56. The lowest BCUT2D eigenvalue weighted by atomic mass is 10.2. The zero-order valence-corrected chi connectivity index (χ0v) is 18.6. The highest BCUT2D eigenvalue weighted by molar-refractivity contribution is 7.89. The standard InChI is InChI=1S/C20H22ClN5O3S/c1-13-11-14(2)26(24-13)18-10-9-17(21)19(23-18)20(27)22-12-15-5-7-16(8-6-15)30(28,29)25(3)4/h5-11H,12H2,1-4H3,(H,22,27). The minimum absolute atomic E-state index is 0.0912. The van der Waals surface area contributed by atoms with Gasteiger partial charge in [0.1, 0.15) is 5.69 Å². The Labute approximate surface area is 180 Å². The van der Waals surface area contributed by atoms with Gasteiger partial charge in [-0.1, -0.05) is 23.7 Å². The molecule has 0 unspecified atom stereocenters. The number of nitrogens with zero attached hydrogens (tertiary/aromatic N) is 4. The minimum atomic E-state index is -3.50. The summed E-state index contributed by atoms with van der Waals surface area (Å²) in [6.45, 7) is 3.97. The molecule has 8 nitrogen and oxygen atoms in total. The van der Waals surface area contributed by atoms with Crippen molar-refractivity contribution in [2.24, 2.45) is 0 Å². The lowest BCUT2D eigenvalue weighted by Crippen LogP contribution is -2.25. The summed E-state index contributed by atoms with van der Waals surface area (Å²) in [5.74, 6) is 0.0572. The van der Waals surface area contributed by atoms with Crippen LogP contribution in [0, 0.1) is 13.8 Å². The minimum Gasteiger partial charge on any atom is -0.347 e. The number of nitrogens with one attached hydrogen (secondary N) is 1. The van der Waals surface area contributed by atoms with Crippen LogP contribution in [0.5, 0.6) is 0 Å². The van der Waals surface area contributed by atoms with Gasteiger partial charge < -0.3 is 5.32 Å². The second kappa shape index (κ2) is 8.55. The topological polar surface area (TPSA) is 97.2 Å². The van der Waals surface area contributed by atoms with E-state index >= 15 is 0 Å². The number of benzene rings is 1. The quantitative estimate of drug-likeness (QED) is 0.626. The fraction of sp³-hybridized carbons (Fsp3) is 0.250. The van der Waals surface area contributed by atoms with Gasteiger partial charge in [0.05, 0.1) is 15.6 Å². The van der Waals surface area contributed by atoms with E-state index in [1.54, 1.807) is 28.9 Å². The van der Waals surface area contributed by atoms with E-state index in [9.17, 15) is 13.2 Å². The monoisotopic (exact) mass is 447 g/mol. The van der Waals surface area contributed by atoms with Crippen molar-refractivity contribution >= 4 is 27.5 Å². The lowest BCUT2D eigenvalue weighted by Gasteiger charge is -2.12. The molecule has 0 atom stereocenters. The molecule has 0 aliphatic rings. The predicted molar refractivity (Wildman–Crippen MR) is 114 cm³/mol. The Kier molecular flexibility index (Phi) is 6.25. The SMILES string of the molecule is Cc1cc(C)n(-c2ccc(Cl)c(C(=O)NCc3ccc(S(=O)(=O)N(C)C)cc3)n2)n1. The zero-order valence-electron chi connectivity index (χ0n) is 17.0. The molecule has 30 heavy (non-hydrogen) atoms. The molecule has 3 rings (SSSR count). The number of aryl methyl sites for hydroxylation is 2. The van der Waals surface area contributed by atoms with Crippen molar-refractivity contribution in [2.75, 3.05) is 14.1 Å². The Balaban J connectivity index is 1.75. The van der Waals surface area contributed by atoms with E-state index in [2.05, 4.69) is 15.4 Å². The molecule has 0 bridgehead atoms. The van der Waals surface area contributed by atoms with Crippen molar-refractivity contribution in [3.8, 4) is 5.82 Å². The number of carbonyl (C=O) groups excluding carboxylic acids is 1. The summed E-state index contributed by atoms with van der Waals surface area (Å²) >= 11 is 6.18. The highest BCUT2D eigenvalue weighted by Gasteiger charge is 2.18. The van der Waals surface area contributed by atoms with E-state index in [-0.39, 0.29) is 22.2 Å². The van der Waals surface area contributed by atoms with Crippen LogP contribution in [0.3, 0.4) is 0 Å². The maximum Gasteiger partial charge on any atom is 0.271 e. The van der Waals surface area contributed by atoms with E-state index in [1.165, 1.54) is 26.2 Å². The molecule has 1 N–H and O–H groups in total. The Morgan fingerprint density at radius 3 is 2.37 bits per heavy atom. The van der Waals surface area contributed by atoms with Crippen molar-refractivity contribution in [3.05, 3.63) is 70.1 Å². The van der Waals surface area contributed by atoms with Crippen LogP contribution in [0.1, 0.15) is 27.4 Å². The lowest BCUT2D eigenvalue weighted by molar-refractivity contribution is 0.0946. The molecule has 0 saturated carbocycles. The number of hydrogen-bond donors (Lipinski definition) is 1. The Morgan fingerprint density at radius 2 is 1.80 bits per heavy atom. The zero-order chi connectivity index (χ0) is 22.1. The van der Waals surface area contributed by atoms with E-state index in [4.69, 9.17) is 11.6 Å². The predicted octanol–water partition coefficient (Wildman–Crippen LogP) is 2.72. The van der Waals surface area contributed by atoms with E-state index in [1.807, 2.05) is 19.9 Å². The number of aromatic nitrogens is 3. The Bertz CT molecular complexity index is 1190. The number of carbonyl (C=O) groups is 1. The van der Waals surface area contributed by atoms with Crippen LogP contribution in [0.15, 0.2) is 47.4 Å². The van der Waals surface area contributed by atoms with Crippen molar-refractivity contribution in [1.29, 1.82) is 0 Å². The first kappa shape index (κ1) is 21.9. The normalized spacial score (nSPS) is 11.7. The average Bonchev–Trinajstić information content (AvgIpc) is 3.04. The van der Waals surface area contributed by atoms with Gasteiger partial charge in [0.25, 0.3) is 5.91 Å². The first-order valence-electron chi connectivity index (χ1n) is 9.09. The van der Waals surface area contributed by atoms with E-state index in [0.717, 1.165) is 21.3 Å². The van der Waals surface area contributed by atoms with Crippen LogP contribution in [-0.4, -0.2) is 47.5 Å². The smallest absolute Gasteiger partial charge is 0.271 e. The number of sulfonamides is 1. The molecule has 158 valence electrons. The molecule has 0 radical (unpaired) electrons. The van der Waals surface area contributed by atoms with Crippen LogP contribution in [0.25, 0.3) is 5.82 Å². The average molecular weight is 448 g/mol. The molecule has 0 fully saturated rings. The second-order valence-corrected chi connectivity index (χ2v) is 9.51. The molecular formula is C20H22ClN5O3S. The summed E-state index contributed by atoms with van der Waals surface area (Å²) in [5, 5.41) is 7.36. The van der Waals surface area contributed by atoms with E-state index < -0.39 is 15.9 Å². The molecule has 10 heteroatoms. The Morgan fingerprint density at radius 1 is 1.13 bits per heavy atom. The summed E-state index contributed by atoms with van der Waals surface area (Å²) in [5.41, 5.74) is 2.57. The summed E-state index contributed by atoms with van der Waals surface area (Å²) in [6.07, 6.45) is 0. The van der Waals surface area contributed by atoms with Gasteiger partial charge in [0, 0.05) is 26.3 Å². The van der Waals surface area contributed by atoms with Gasteiger partial charge >= 0.3 is 0 Å². The summed E-state index contributed by atoms with van der Waals surface area (Å²) < 4.78 is 27.1. The number of amides is 1. The fourth-order valence-electron chi connectivity index (χ4n) is 2.83. The molecule has 1 amide bonds. The van der Waals surface area contributed by atoms with Crippen LogP contribution in [0.4, 0.5) is 0 Å². The van der Waals surface area contributed by atoms with Gasteiger partial charge in [-0.25, -0.2) is 22.4 Å². The van der Waals surface area contributed by atoms with Crippen LogP contribution in [0.2, 0.25) is 5.02 Å². The van der Waals surface area contributed by atoms with Gasteiger partial charge in [0.15, 0.2) is 5.82 Å². The van der Waals surface area contributed by atoms with Crippen molar-refractivity contribution in [1.82, 2.24) is 24.4 Å². The first-order chi connectivity index (χ1) is 14.1. The summed E-state index contributed by atoms with van der Waals surface area (Å²) in [6, 6.07) is 11.5. The number of rotatable bonds is 6. The van der Waals surface area contributed by atoms with Gasteiger partial charge in [-0.05, 0) is 49.7 Å². The van der Waals surface area contributed by atoms with Gasteiger partial charge in [-0.3, -0.25) is 4.79 Å². The fourth-order valence-corrected chi connectivity index (χ4v) is 3.92. The molecule has 3 aromatic rings. The van der Waals surface area contributed by atoms with Gasteiger partial charge in [0.2, 0.25) is 10.0 Å². The highest BCUT2D eigenvalue weighted by atomic mass is 35.5. The van der Waals surface area contributed by atoms with Crippen LogP contribution >= 0.6 is 11.6 Å². The van der Waals surface area contributed by atoms with Crippen LogP contribution < -0.4 is 5.32 Å². The number of pyridine rings is 1. The third kappa shape index (κ3) is 4.53. The second-order valence-electron chi connectivity index (χ2n) is 6.95. The molecule has 0 spiro atoms. The molecule has 0 saturated heterocycles. The first-order valence-corrected chi connectivity index (χ1v) is 10.9. The van der Waals surface area contributed by atoms with Crippen molar-refractivity contribution in [3.63, 3.8) is 0 Å². The molecule has 2 aromatic heterocycles. The maximum absolute atomic E-state index is 12.6. The number of hydrogen-bond acceptors (Lipinski definition) is 5. The molecule has 0 aliphatic carbocycles. The van der Waals surface area contributed by atoms with Gasteiger partial charge in [-0.2, -0.15) is 5.10 Å². The molecule has 0 aliphatic heterocycles. The Hall–Kier alpha value is -2.75. The van der Waals surface area contributed by atoms with E-state index in [0.29, 0.717) is 5.82 Å². The van der Waals surface area contributed by atoms with Crippen molar-refractivity contribution < 1.29 is 13.2 Å². The molecule has 2 heterocycles. The largest absolute Gasteiger partial charge is 0.347 e. The highest BCUT2D eigenvalue weighted by Crippen LogP contribution is 2.18. The summed E-state index contributed by atoms with van der Waals surface area (Å²) in [7, 11) is -0.551. The van der Waals surface area contributed by atoms with Crippen molar-refractivity contribution in [2.45, 2.75) is 25.3 Å². The van der Waals surface area contributed by atoms with Crippen LogP contribution in [-0.2, 0) is 16.6 Å².